The van der Waals surface area contributed by atoms with Crippen LogP contribution >= 0.6 is 23.4 Å². The first kappa shape index (κ1) is 14.0. The van der Waals surface area contributed by atoms with E-state index in [0.717, 1.165) is 30.1 Å². The molecule has 2 N–H and O–H groups in total. The maximum absolute atomic E-state index is 6.35. The molecule has 0 radical (unpaired) electrons. The van der Waals surface area contributed by atoms with Crippen molar-refractivity contribution >= 4 is 29.1 Å². The van der Waals surface area contributed by atoms with Crippen LogP contribution in [-0.4, -0.2) is 30.6 Å². The molecule has 1 atom stereocenters. The molecular formula is C14H21ClN2S. The van der Waals surface area contributed by atoms with Gasteiger partial charge in [-0.1, -0.05) is 17.7 Å². The molecule has 1 saturated heterocycles. The van der Waals surface area contributed by atoms with Gasteiger partial charge in [0.25, 0.3) is 0 Å². The fourth-order valence-electron chi connectivity index (χ4n) is 2.25. The predicted octanol–water partition coefficient (Wildman–Crippen LogP) is 3.17. The van der Waals surface area contributed by atoms with Gasteiger partial charge in [-0.2, -0.15) is 11.8 Å². The normalized spacial score (nSPS) is 18.5. The number of halogens is 1. The van der Waals surface area contributed by atoms with Crippen molar-refractivity contribution in [3.05, 3.63) is 28.8 Å². The molecule has 18 heavy (non-hydrogen) atoms. The van der Waals surface area contributed by atoms with Crippen molar-refractivity contribution in [2.45, 2.75) is 25.8 Å². The number of thioether (sulfide) groups is 1. The molecule has 4 heteroatoms. The molecule has 0 amide bonds. The van der Waals surface area contributed by atoms with Crippen molar-refractivity contribution in [3.63, 3.8) is 0 Å². The van der Waals surface area contributed by atoms with Crippen LogP contribution in [0.1, 0.15) is 18.9 Å². The van der Waals surface area contributed by atoms with E-state index in [1.54, 1.807) is 0 Å². The summed E-state index contributed by atoms with van der Waals surface area (Å²) in [6.07, 6.45) is 2.10. The summed E-state index contributed by atoms with van der Waals surface area (Å²) in [6.45, 7) is 4.26. The summed E-state index contributed by atoms with van der Waals surface area (Å²) in [4.78, 5) is 2.43. The molecule has 1 unspecified atom stereocenters. The maximum Gasteiger partial charge on any atom is 0.0459 e. The molecule has 0 aliphatic carbocycles. The Balaban J connectivity index is 2.11. The highest BCUT2D eigenvalue weighted by molar-refractivity contribution is 7.99. The Kier molecular flexibility index (Phi) is 5.22. The molecule has 1 fully saturated rings. The molecule has 0 bridgehead atoms. The first-order valence-electron chi connectivity index (χ1n) is 6.53. The molecule has 2 nitrogen and oxygen atoms in total. The first-order valence-corrected chi connectivity index (χ1v) is 8.07. The standard InChI is InChI=1S/C14H21ClN2S/c1-11(16)9-12-3-4-13(10-14(12)15)17-5-2-7-18-8-6-17/h3-4,10-11H,2,5-9,16H2,1H3. The molecule has 1 aliphatic rings. The highest BCUT2D eigenvalue weighted by Crippen LogP contribution is 2.26. The number of anilines is 1. The molecule has 1 heterocycles. The average molecular weight is 285 g/mol. The average Bonchev–Trinajstić information content (AvgIpc) is 2.60. The first-order chi connectivity index (χ1) is 8.66. The lowest BCUT2D eigenvalue weighted by atomic mass is 10.1. The highest BCUT2D eigenvalue weighted by Gasteiger charge is 2.12. The van der Waals surface area contributed by atoms with Crippen molar-refractivity contribution in [1.82, 2.24) is 0 Å². The topological polar surface area (TPSA) is 29.3 Å². The summed E-state index contributed by atoms with van der Waals surface area (Å²) in [5.41, 5.74) is 8.22. The van der Waals surface area contributed by atoms with Gasteiger partial charge in [0.05, 0.1) is 0 Å². The quantitative estimate of drug-likeness (QED) is 0.924. The van der Waals surface area contributed by atoms with Crippen molar-refractivity contribution in [3.8, 4) is 0 Å². The Bertz CT molecular complexity index is 387. The van der Waals surface area contributed by atoms with E-state index in [-0.39, 0.29) is 6.04 Å². The smallest absolute Gasteiger partial charge is 0.0459 e. The van der Waals surface area contributed by atoms with E-state index in [0.29, 0.717) is 0 Å². The van der Waals surface area contributed by atoms with Crippen LogP contribution < -0.4 is 10.6 Å². The Morgan fingerprint density at radius 1 is 1.39 bits per heavy atom. The summed E-state index contributed by atoms with van der Waals surface area (Å²) in [7, 11) is 0. The molecule has 1 aliphatic heterocycles. The van der Waals surface area contributed by atoms with E-state index in [2.05, 4.69) is 23.1 Å². The minimum absolute atomic E-state index is 0.155. The van der Waals surface area contributed by atoms with E-state index in [4.69, 9.17) is 17.3 Å². The fourth-order valence-corrected chi connectivity index (χ4v) is 3.39. The highest BCUT2D eigenvalue weighted by atomic mass is 35.5. The van der Waals surface area contributed by atoms with Crippen molar-refractivity contribution < 1.29 is 0 Å². The summed E-state index contributed by atoms with van der Waals surface area (Å²) < 4.78 is 0. The monoisotopic (exact) mass is 284 g/mol. The number of rotatable bonds is 3. The second kappa shape index (κ2) is 6.69. The van der Waals surface area contributed by atoms with Gasteiger partial charge in [-0.25, -0.2) is 0 Å². The molecule has 0 saturated carbocycles. The van der Waals surface area contributed by atoms with Crippen LogP contribution in [0.4, 0.5) is 5.69 Å². The zero-order valence-electron chi connectivity index (χ0n) is 10.9. The Morgan fingerprint density at radius 3 is 2.94 bits per heavy atom. The van der Waals surface area contributed by atoms with Gasteiger partial charge in [0.1, 0.15) is 0 Å². The number of hydrogen-bond acceptors (Lipinski definition) is 3. The van der Waals surface area contributed by atoms with Gasteiger partial charge in [-0.3, -0.25) is 0 Å². The van der Waals surface area contributed by atoms with Gasteiger partial charge >= 0.3 is 0 Å². The Hall–Kier alpha value is -0.380. The number of nitrogens with two attached hydrogens (primary N) is 1. The van der Waals surface area contributed by atoms with Crippen LogP contribution in [0.3, 0.4) is 0 Å². The minimum atomic E-state index is 0.155. The summed E-state index contributed by atoms with van der Waals surface area (Å²) in [5, 5.41) is 0.849. The van der Waals surface area contributed by atoms with Crippen LogP contribution in [0.5, 0.6) is 0 Å². The van der Waals surface area contributed by atoms with E-state index < -0.39 is 0 Å². The van der Waals surface area contributed by atoms with Crippen LogP contribution in [-0.2, 0) is 6.42 Å². The molecule has 100 valence electrons. The third-order valence-electron chi connectivity index (χ3n) is 3.17. The van der Waals surface area contributed by atoms with Crippen molar-refractivity contribution in [2.24, 2.45) is 5.73 Å². The lowest BCUT2D eigenvalue weighted by molar-refractivity contribution is 0.737. The van der Waals surface area contributed by atoms with Gasteiger partial charge in [-0.05, 0) is 43.2 Å². The Labute approximate surface area is 119 Å². The van der Waals surface area contributed by atoms with Gasteiger partial charge in [0.15, 0.2) is 0 Å². The Morgan fingerprint density at radius 2 is 2.22 bits per heavy atom. The molecule has 2 rings (SSSR count). The van der Waals surface area contributed by atoms with Crippen LogP contribution in [0, 0.1) is 0 Å². The molecule has 0 aromatic heterocycles. The van der Waals surface area contributed by atoms with Gasteiger partial charge < -0.3 is 10.6 Å². The van der Waals surface area contributed by atoms with E-state index in [9.17, 15) is 0 Å². The van der Waals surface area contributed by atoms with E-state index in [1.165, 1.54) is 23.6 Å². The largest absolute Gasteiger partial charge is 0.371 e. The summed E-state index contributed by atoms with van der Waals surface area (Å²) in [6, 6.07) is 6.55. The summed E-state index contributed by atoms with van der Waals surface area (Å²) in [5.74, 6) is 2.48. The number of benzene rings is 1. The van der Waals surface area contributed by atoms with Crippen LogP contribution in [0.15, 0.2) is 18.2 Å². The third-order valence-corrected chi connectivity index (χ3v) is 4.57. The predicted molar refractivity (Wildman–Crippen MR) is 83.0 cm³/mol. The molecular weight excluding hydrogens is 264 g/mol. The lowest BCUT2D eigenvalue weighted by Gasteiger charge is -2.23. The molecule has 1 aromatic carbocycles. The zero-order chi connectivity index (χ0) is 13.0. The van der Waals surface area contributed by atoms with Gasteiger partial charge in [-0.15, -0.1) is 0 Å². The minimum Gasteiger partial charge on any atom is -0.371 e. The summed E-state index contributed by atoms with van der Waals surface area (Å²) >= 11 is 8.38. The number of nitrogens with zero attached hydrogens (tertiary/aromatic N) is 1. The zero-order valence-corrected chi connectivity index (χ0v) is 12.4. The maximum atomic E-state index is 6.35. The second-order valence-corrected chi connectivity index (χ2v) is 6.54. The number of hydrogen-bond donors (Lipinski definition) is 1. The second-order valence-electron chi connectivity index (χ2n) is 4.91. The lowest BCUT2D eigenvalue weighted by Crippen LogP contribution is -2.25. The van der Waals surface area contributed by atoms with Crippen LogP contribution in [0.2, 0.25) is 5.02 Å². The van der Waals surface area contributed by atoms with Crippen LogP contribution in [0.25, 0.3) is 0 Å². The SMILES string of the molecule is CC(N)Cc1ccc(N2CCCSCC2)cc1Cl. The third kappa shape index (κ3) is 3.81. The van der Waals surface area contributed by atoms with Gasteiger partial charge in [0.2, 0.25) is 0 Å². The molecule has 0 spiro atoms. The van der Waals surface area contributed by atoms with Crippen molar-refractivity contribution in [1.29, 1.82) is 0 Å². The van der Waals surface area contributed by atoms with E-state index in [1.807, 2.05) is 18.7 Å². The van der Waals surface area contributed by atoms with Crippen molar-refractivity contribution in [2.75, 3.05) is 29.5 Å². The fraction of sp³-hybridized carbons (Fsp3) is 0.571. The van der Waals surface area contributed by atoms with E-state index >= 15 is 0 Å². The van der Waals surface area contributed by atoms with Gasteiger partial charge in [0, 0.05) is 35.6 Å². The molecule has 1 aromatic rings.